The Morgan fingerprint density at radius 3 is 2.57 bits per heavy atom. The Labute approximate surface area is 178 Å². The molecule has 0 saturated carbocycles. The van der Waals surface area contributed by atoms with E-state index in [4.69, 9.17) is 9.47 Å². The standard InChI is InChI=1S/C24H20N2O3S/c1-28-18-9-10-19(22(13-18)29-2)16-12-17(15-25-14-16)24(27)26-21-7-4-3-6-20(21)23-8-5-11-30-23/h3-15H,1-2H3,(H,26,27). The number of nitrogens with one attached hydrogen (secondary N) is 1. The maximum absolute atomic E-state index is 13.0. The summed E-state index contributed by atoms with van der Waals surface area (Å²) >= 11 is 1.63. The molecule has 5 nitrogen and oxygen atoms in total. The minimum Gasteiger partial charge on any atom is -0.497 e. The topological polar surface area (TPSA) is 60.5 Å². The molecule has 0 unspecified atom stereocenters. The Bertz CT molecular complexity index is 1170. The van der Waals surface area contributed by atoms with Gasteiger partial charge in [-0.2, -0.15) is 0 Å². The number of methoxy groups -OCH3 is 2. The van der Waals surface area contributed by atoms with Crippen LogP contribution in [0.3, 0.4) is 0 Å². The van der Waals surface area contributed by atoms with Crippen LogP contribution < -0.4 is 14.8 Å². The largest absolute Gasteiger partial charge is 0.497 e. The summed E-state index contributed by atoms with van der Waals surface area (Å²) in [4.78, 5) is 18.3. The van der Waals surface area contributed by atoms with Crippen molar-refractivity contribution < 1.29 is 14.3 Å². The third kappa shape index (κ3) is 4.04. The highest BCUT2D eigenvalue weighted by atomic mass is 32.1. The van der Waals surface area contributed by atoms with Gasteiger partial charge in [0.15, 0.2) is 0 Å². The molecule has 2 heterocycles. The number of carbonyl (C=O) groups excluding carboxylic acids is 1. The molecule has 4 rings (SSSR count). The zero-order chi connectivity index (χ0) is 20.9. The molecule has 0 fully saturated rings. The molecule has 2 aromatic carbocycles. The number of benzene rings is 2. The lowest BCUT2D eigenvalue weighted by molar-refractivity contribution is 0.102. The summed E-state index contributed by atoms with van der Waals surface area (Å²) in [6.07, 6.45) is 3.27. The van der Waals surface area contributed by atoms with Crippen molar-refractivity contribution in [3.8, 4) is 33.1 Å². The van der Waals surface area contributed by atoms with Crippen molar-refractivity contribution in [3.05, 3.63) is 84.0 Å². The zero-order valence-electron chi connectivity index (χ0n) is 16.6. The van der Waals surface area contributed by atoms with E-state index in [9.17, 15) is 4.79 Å². The van der Waals surface area contributed by atoms with Crippen molar-refractivity contribution in [2.45, 2.75) is 0 Å². The zero-order valence-corrected chi connectivity index (χ0v) is 17.4. The minimum atomic E-state index is -0.221. The number of hydrogen-bond acceptors (Lipinski definition) is 5. The number of rotatable bonds is 6. The number of amides is 1. The van der Waals surface area contributed by atoms with Crippen molar-refractivity contribution in [3.63, 3.8) is 0 Å². The fourth-order valence-electron chi connectivity index (χ4n) is 3.18. The summed E-state index contributed by atoms with van der Waals surface area (Å²) in [5, 5.41) is 5.03. The van der Waals surface area contributed by atoms with Crippen molar-refractivity contribution in [2.75, 3.05) is 19.5 Å². The fourth-order valence-corrected chi connectivity index (χ4v) is 3.95. The molecule has 4 aromatic rings. The van der Waals surface area contributed by atoms with Crippen LogP contribution in [0.2, 0.25) is 0 Å². The van der Waals surface area contributed by atoms with Gasteiger partial charge in [0.2, 0.25) is 0 Å². The van der Waals surface area contributed by atoms with Gasteiger partial charge >= 0.3 is 0 Å². The third-order valence-corrected chi connectivity index (χ3v) is 5.59. The number of thiophene rings is 1. The molecule has 150 valence electrons. The highest BCUT2D eigenvalue weighted by molar-refractivity contribution is 7.13. The van der Waals surface area contributed by atoms with Gasteiger partial charge in [-0.25, -0.2) is 0 Å². The summed E-state index contributed by atoms with van der Waals surface area (Å²) < 4.78 is 10.7. The molecule has 0 spiro atoms. The molecule has 0 radical (unpaired) electrons. The van der Waals surface area contributed by atoms with Crippen LogP contribution in [-0.2, 0) is 0 Å². The van der Waals surface area contributed by atoms with Crippen LogP contribution >= 0.6 is 11.3 Å². The number of aromatic nitrogens is 1. The SMILES string of the molecule is COc1ccc(-c2cncc(C(=O)Nc3ccccc3-c3cccs3)c2)c(OC)c1. The quantitative estimate of drug-likeness (QED) is 0.435. The van der Waals surface area contributed by atoms with E-state index in [1.165, 1.54) is 0 Å². The van der Waals surface area contributed by atoms with E-state index >= 15 is 0 Å². The van der Waals surface area contributed by atoms with Gasteiger partial charge in [0.25, 0.3) is 5.91 Å². The van der Waals surface area contributed by atoms with Crippen LogP contribution in [0.1, 0.15) is 10.4 Å². The molecule has 2 aromatic heterocycles. The Hall–Kier alpha value is -3.64. The van der Waals surface area contributed by atoms with Gasteiger partial charge in [0, 0.05) is 45.7 Å². The summed E-state index contributed by atoms with van der Waals surface area (Å²) in [5.74, 6) is 1.13. The summed E-state index contributed by atoms with van der Waals surface area (Å²) in [6.45, 7) is 0. The normalized spacial score (nSPS) is 10.5. The van der Waals surface area contributed by atoms with Crippen LogP contribution in [0.4, 0.5) is 5.69 Å². The van der Waals surface area contributed by atoms with Gasteiger partial charge in [-0.3, -0.25) is 9.78 Å². The number of nitrogens with zero attached hydrogens (tertiary/aromatic N) is 1. The molecule has 1 amide bonds. The van der Waals surface area contributed by atoms with Gasteiger partial charge in [0.05, 0.1) is 19.8 Å². The molecule has 30 heavy (non-hydrogen) atoms. The monoisotopic (exact) mass is 416 g/mol. The minimum absolute atomic E-state index is 0.221. The lowest BCUT2D eigenvalue weighted by Crippen LogP contribution is -2.13. The van der Waals surface area contributed by atoms with Gasteiger partial charge in [0.1, 0.15) is 11.5 Å². The average molecular weight is 417 g/mol. The maximum atomic E-state index is 13.0. The second kappa shape index (κ2) is 8.80. The smallest absolute Gasteiger partial charge is 0.257 e. The van der Waals surface area contributed by atoms with E-state index in [-0.39, 0.29) is 5.91 Å². The van der Waals surface area contributed by atoms with Crippen LogP contribution in [0.25, 0.3) is 21.6 Å². The average Bonchev–Trinajstić information content (AvgIpc) is 3.34. The first kappa shape index (κ1) is 19.7. The van der Waals surface area contributed by atoms with Crippen LogP contribution in [-0.4, -0.2) is 25.1 Å². The highest BCUT2D eigenvalue weighted by Crippen LogP contribution is 2.34. The van der Waals surface area contributed by atoms with E-state index in [1.54, 1.807) is 50.1 Å². The Morgan fingerprint density at radius 2 is 1.80 bits per heavy atom. The van der Waals surface area contributed by atoms with E-state index in [1.807, 2.05) is 53.9 Å². The second-order valence-corrected chi connectivity index (χ2v) is 7.45. The van der Waals surface area contributed by atoms with Gasteiger partial charge in [-0.1, -0.05) is 24.3 Å². The Kier molecular flexibility index (Phi) is 5.77. The predicted molar refractivity (Wildman–Crippen MR) is 120 cm³/mol. The van der Waals surface area contributed by atoms with E-state index in [2.05, 4.69) is 10.3 Å². The van der Waals surface area contributed by atoms with Crippen molar-refractivity contribution >= 4 is 22.9 Å². The Balaban J connectivity index is 1.64. The van der Waals surface area contributed by atoms with Crippen molar-refractivity contribution in [1.82, 2.24) is 4.98 Å². The van der Waals surface area contributed by atoms with Gasteiger partial charge in [-0.05, 0) is 35.7 Å². The molecular formula is C24H20N2O3S. The number of ether oxygens (including phenoxy) is 2. The predicted octanol–water partition coefficient (Wildman–Crippen LogP) is 5.75. The maximum Gasteiger partial charge on any atom is 0.257 e. The van der Waals surface area contributed by atoms with Crippen LogP contribution in [0.15, 0.2) is 78.4 Å². The molecular weight excluding hydrogens is 396 g/mol. The first-order valence-electron chi connectivity index (χ1n) is 9.31. The fraction of sp³-hybridized carbons (Fsp3) is 0.0833. The summed E-state index contributed by atoms with van der Waals surface area (Å²) in [6, 6.07) is 19.1. The molecule has 0 aliphatic rings. The van der Waals surface area contributed by atoms with E-state index in [0.717, 1.165) is 27.3 Å². The molecule has 0 aliphatic carbocycles. The summed E-state index contributed by atoms with van der Waals surface area (Å²) in [7, 11) is 3.21. The van der Waals surface area contributed by atoms with E-state index < -0.39 is 0 Å². The summed E-state index contributed by atoms with van der Waals surface area (Å²) in [5.41, 5.74) is 3.83. The molecule has 6 heteroatoms. The number of para-hydroxylation sites is 1. The van der Waals surface area contributed by atoms with Crippen LogP contribution in [0, 0.1) is 0 Å². The highest BCUT2D eigenvalue weighted by Gasteiger charge is 2.14. The van der Waals surface area contributed by atoms with E-state index in [0.29, 0.717) is 17.1 Å². The molecule has 0 saturated heterocycles. The lowest BCUT2D eigenvalue weighted by atomic mass is 10.0. The molecule has 1 N–H and O–H groups in total. The second-order valence-electron chi connectivity index (χ2n) is 6.51. The first-order chi connectivity index (χ1) is 14.7. The lowest BCUT2D eigenvalue weighted by Gasteiger charge is -2.12. The van der Waals surface area contributed by atoms with Crippen molar-refractivity contribution in [1.29, 1.82) is 0 Å². The molecule has 0 atom stereocenters. The van der Waals surface area contributed by atoms with Gasteiger partial charge in [-0.15, -0.1) is 11.3 Å². The molecule has 0 aliphatic heterocycles. The van der Waals surface area contributed by atoms with Crippen LogP contribution in [0.5, 0.6) is 11.5 Å². The van der Waals surface area contributed by atoms with Gasteiger partial charge < -0.3 is 14.8 Å². The number of pyridine rings is 1. The number of anilines is 1. The third-order valence-electron chi connectivity index (χ3n) is 4.68. The number of carbonyl (C=O) groups is 1. The Morgan fingerprint density at radius 1 is 0.933 bits per heavy atom. The molecule has 0 bridgehead atoms. The first-order valence-corrected chi connectivity index (χ1v) is 10.2. The van der Waals surface area contributed by atoms with Crippen molar-refractivity contribution in [2.24, 2.45) is 0 Å². The number of hydrogen-bond donors (Lipinski definition) is 1.